The van der Waals surface area contributed by atoms with Gasteiger partial charge in [0.2, 0.25) is 11.8 Å². The van der Waals surface area contributed by atoms with Gasteiger partial charge in [0, 0.05) is 51.6 Å². The standard InChI is InChI=1S/C34H53N5O11/c1-19-13-22(14-20(2)26(19)43)29(45)36-16-24(42)27(44)28-25(37-21(3)40)23(41)15-34(49-28,30(35)46)8-10-39-11-12-48-18-33(39)7-9-38(17-33)31(47)50-32(4,5)6/h13-14,23-25,27-28,41-44H,7-12,15-18H2,1-6H3,(H2,35,46)(H,36,45)(H,37,40)/t23-,24+,25+,27+,28+,33-,34+/m0/s1. The van der Waals surface area contributed by atoms with Gasteiger partial charge in [0.05, 0.1) is 37.0 Å². The molecule has 0 saturated carbocycles. The highest BCUT2D eigenvalue weighted by Gasteiger charge is 2.55. The number of carbonyl (C=O) groups excluding carboxylic acids is 4. The molecule has 3 saturated heterocycles. The molecule has 50 heavy (non-hydrogen) atoms. The number of hydrogen-bond donors (Lipinski definition) is 7. The van der Waals surface area contributed by atoms with Gasteiger partial charge in [-0.2, -0.15) is 0 Å². The second kappa shape index (κ2) is 15.4. The lowest BCUT2D eigenvalue weighted by atomic mass is 9.81. The van der Waals surface area contributed by atoms with E-state index >= 15 is 0 Å². The van der Waals surface area contributed by atoms with Crippen LogP contribution in [0.2, 0.25) is 0 Å². The third-order valence-corrected chi connectivity index (χ3v) is 9.76. The number of amides is 4. The number of phenols is 1. The van der Waals surface area contributed by atoms with Crippen molar-refractivity contribution in [2.45, 2.75) is 108 Å². The minimum absolute atomic E-state index is 0.0179. The minimum Gasteiger partial charge on any atom is -0.507 e. The van der Waals surface area contributed by atoms with Gasteiger partial charge in [0.25, 0.3) is 5.91 Å². The van der Waals surface area contributed by atoms with Gasteiger partial charge in [-0.05, 0) is 70.7 Å². The van der Waals surface area contributed by atoms with Gasteiger partial charge in [-0.15, -0.1) is 0 Å². The molecule has 3 heterocycles. The molecule has 4 amide bonds. The molecule has 0 aromatic heterocycles. The SMILES string of the molecule is CC(=O)N[C@H]1[C@H]([C@H](O)[C@H](O)CNC(=O)c2cc(C)c(O)c(C)c2)O[C@@](CCN2CCOC[C@@]23CCN(C(=O)OC(C)(C)C)C3)(C(N)=O)C[C@@H]1O. The summed E-state index contributed by atoms with van der Waals surface area (Å²) < 4.78 is 17.7. The molecule has 7 atom stereocenters. The largest absolute Gasteiger partial charge is 0.507 e. The van der Waals surface area contributed by atoms with E-state index in [0.29, 0.717) is 50.4 Å². The van der Waals surface area contributed by atoms with Gasteiger partial charge in [-0.25, -0.2) is 4.79 Å². The number of carbonyl (C=O) groups is 4. The van der Waals surface area contributed by atoms with E-state index in [0.717, 1.165) is 0 Å². The van der Waals surface area contributed by atoms with Gasteiger partial charge >= 0.3 is 6.09 Å². The summed E-state index contributed by atoms with van der Waals surface area (Å²) in [5.41, 5.74) is 4.09. The van der Waals surface area contributed by atoms with E-state index in [1.54, 1.807) is 39.5 Å². The maximum absolute atomic E-state index is 13.2. The normalized spacial score (nSPS) is 28.6. The van der Waals surface area contributed by atoms with Crippen LogP contribution in [-0.2, 0) is 23.8 Å². The van der Waals surface area contributed by atoms with Gasteiger partial charge in [0.15, 0.2) is 5.60 Å². The van der Waals surface area contributed by atoms with Gasteiger partial charge in [-0.3, -0.25) is 19.3 Å². The number of likely N-dealkylation sites (tertiary alicyclic amines) is 1. The molecule has 0 unspecified atom stereocenters. The van der Waals surface area contributed by atoms with Crippen LogP contribution >= 0.6 is 0 Å². The van der Waals surface area contributed by atoms with Crippen LogP contribution in [0.25, 0.3) is 0 Å². The first-order valence-electron chi connectivity index (χ1n) is 17.0. The van der Waals surface area contributed by atoms with Crippen LogP contribution in [0.1, 0.15) is 68.4 Å². The van der Waals surface area contributed by atoms with Crippen LogP contribution in [-0.4, -0.2) is 147 Å². The molecule has 4 rings (SSSR count). The van der Waals surface area contributed by atoms with E-state index in [1.807, 2.05) is 0 Å². The maximum atomic E-state index is 13.2. The summed E-state index contributed by atoms with van der Waals surface area (Å²) in [4.78, 5) is 54.8. The number of nitrogens with zero attached hydrogens (tertiary/aromatic N) is 2. The molecule has 1 spiro atoms. The summed E-state index contributed by atoms with van der Waals surface area (Å²) in [5, 5.41) is 48.8. The Morgan fingerprint density at radius 2 is 1.80 bits per heavy atom. The number of nitrogens with two attached hydrogens (primary N) is 1. The Morgan fingerprint density at radius 3 is 2.40 bits per heavy atom. The average molecular weight is 708 g/mol. The van der Waals surface area contributed by atoms with E-state index in [4.69, 9.17) is 19.9 Å². The fourth-order valence-electron chi connectivity index (χ4n) is 7.07. The van der Waals surface area contributed by atoms with E-state index in [2.05, 4.69) is 15.5 Å². The number of aliphatic hydroxyl groups is 3. The van der Waals surface area contributed by atoms with Crippen LogP contribution in [0.4, 0.5) is 4.79 Å². The lowest BCUT2D eigenvalue weighted by Gasteiger charge is -2.49. The summed E-state index contributed by atoms with van der Waals surface area (Å²) >= 11 is 0. The van der Waals surface area contributed by atoms with Gasteiger partial charge in [-0.1, -0.05) is 0 Å². The van der Waals surface area contributed by atoms with Crippen molar-refractivity contribution in [1.29, 1.82) is 0 Å². The number of ether oxygens (including phenoxy) is 3. The van der Waals surface area contributed by atoms with E-state index in [-0.39, 0.29) is 30.7 Å². The number of hydrogen-bond acceptors (Lipinski definition) is 12. The number of phenolic OH excluding ortho intramolecular Hbond substituents is 1. The number of aliphatic hydroxyl groups excluding tert-OH is 3. The first kappa shape index (κ1) is 39.2. The summed E-state index contributed by atoms with van der Waals surface area (Å²) in [6.07, 6.45) is -6.53. The fraction of sp³-hybridized carbons (Fsp3) is 0.706. The number of aromatic hydroxyl groups is 1. The molecule has 3 aliphatic rings. The first-order valence-corrected chi connectivity index (χ1v) is 17.0. The Bertz CT molecular complexity index is 1410. The average Bonchev–Trinajstić information content (AvgIpc) is 3.45. The molecular weight excluding hydrogens is 654 g/mol. The first-order chi connectivity index (χ1) is 23.3. The fourth-order valence-corrected chi connectivity index (χ4v) is 7.07. The number of benzene rings is 1. The zero-order valence-electron chi connectivity index (χ0n) is 29.7. The maximum Gasteiger partial charge on any atom is 0.410 e. The third kappa shape index (κ3) is 8.84. The molecule has 16 nitrogen and oxygen atoms in total. The van der Waals surface area contributed by atoms with Crippen molar-refractivity contribution >= 4 is 23.8 Å². The predicted molar refractivity (Wildman–Crippen MR) is 179 cm³/mol. The third-order valence-electron chi connectivity index (χ3n) is 9.76. The highest BCUT2D eigenvalue weighted by molar-refractivity contribution is 5.95. The predicted octanol–water partition coefficient (Wildman–Crippen LogP) is -0.559. The molecule has 0 bridgehead atoms. The summed E-state index contributed by atoms with van der Waals surface area (Å²) in [6, 6.07) is 1.73. The number of morpholine rings is 1. The molecule has 16 heteroatoms. The van der Waals surface area contributed by atoms with Crippen LogP contribution < -0.4 is 16.4 Å². The van der Waals surface area contributed by atoms with E-state index < -0.39 is 77.6 Å². The van der Waals surface area contributed by atoms with Crippen LogP contribution in [0.15, 0.2) is 12.1 Å². The Balaban J connectivity index is 1.50. The van der Waals surface area contributed by atoms with E-state index in [9.17, 15) is 39.6 Å². The molecule has 0 aliphatic carbocycles. The number of aryl methyl sites for hydroxylation is 2. The van der Waals surface area contributed by atoms with Gasteiger partial charge < -0.3 is 55.9 Å². The smallest absolute Gasteiger partial charge is 0.410 e. The molecule has 280 valence electrons. The summed E-state index contributed by atoms with van der Waals surface area (Å²) in [7, 11) is 0. The highest BCUT2D eigenvalue weighted by atomic mass is 16.6. The summed E-state index contributed by atoms with van der Waals surface area (Å²) in [6.45, 7) is 11.7. The Kier molecular flexibility index (Phi) is 12.1. The van der Waals surface area contributed by atoms with Crippen molar-refractivity contribution in [3.05, 3.63) is 28.8 Å². The van der Waals surface area contributed by atoms with Crippen LogP contribution in [0, 0.1) is 13.8 Å². The zero-order valence-corrected chi connectivity index (χ0v) is 29.7. The second-order valence-corrected chi connectivity index (χ2v) is 14.8. The second-order valence-electron chi connectivity index (χ2n) is 14.8. The quantitative estimate of drug-likeness (QED) is 0.162. The lowest BCUT2D eigenvalue weighted by molar-refractivity contribution is -0.220. The van der Waals surface area contributed by atoms with Crippen molar-refractivity contribution in [3.8, 4) is 5.75 Å². The van der Waals surface area contributed by atoms with Crippen LogP contribution in [0.5, 0.6) is 5.75 Å². The molecule has 0 radical (unpaired) electrons. The van der Waals surface area contributed by atoms with Crippen LogP contribution in [0.3, 0.4) is 0 Å². The molecular formula is C34H53N5O11. The number of rotatable bonds is 10. The highest BCUT2D eigenvalue weighted by Crippen LogP contribution is 2.37. The Hall–Kier alpha value is -3.54. The van der Waals surface area contributed by atoms with Crippen molar-refractivity contribution in [3.63, 3.8) is 0 Å². The summed E-state index contributed by atoms with van der Waals surface area (Å²) in [5.74, 6) is -1.97. The molecule has 3 fully saturated rings. The number of primary amides is 1. The Morgan fingerprint density at radius 1 is 1.14 bits per heavy atom. The van der Waals surface area contributed by atoms with Crippen molar-refractivity contribution in [2.75, 3.05) is 45.9 Å². The molecule has 3 aliphatic heterocycles. The van der Waals surface area contributed by atoms with Crippen molar-refractivity contribution in [1.82, 2.24) is 20.4 Å². The van der Waals surface area contributed by atoms with Crippen molar-refractivity contribution < 1.29 is 53.8 Å². The molecule has 1 aromatic rings. The van der Waals surface area contributed by atoms with Gasteiger partial charge in [0.1, 0.15) is 23.6 Å². The zero-order chi connectivity index (χ0) is 37.2. The molecule has 1 aromatic carbocycles. The number of nitrogens with one attached hydrogen (secondary N) is 2. The minimum atomic E-state index is -1.81. The monoisotopic (exact) mass is 707 g/mol. The lowest BCUT2D eigenvalue weighted by Crippen LogP contribution is -2.69. The Labute approximate surface area is 292 Å². The molecule has 8 N–H and O–H groups in total. The van der Waals surface area contributed by atoms with Crippen molar-refractivity contribution in [2.24, 2.45) is 5.73 Å². The topological polar surface area (TPSA) is 233 Å². The van der Waals surface area contributed by atoms with E-state index in [1.165, 1.54) is 19.1 Å².